The van der Waals surface area contributed by atoms with E-state index in [4.69, 9.17) is 0 Å². The zero-order chi connectivity index (χ0) is 18.4. The molecule has 2 aromatic carbocycles. The van der Waals surface area contributed by atoms with Gasteiger partial charge in [-0.25, -0.2) is 5.43 Å². The molecule has 4 nitrogen and oxygen atoms in total. The number of hydrogen-bond donors (Lipinski definition) is 2. The molecular formula is C21H26N2O2. The zero-order valence-electron chi connectivity index (χ0n) is 15.3. The summed E-state index contributed by atoms with van der Waals surface area (Å²) in [5.74, 6) is 0.613. The van der Waals surface area contributed by atoms with Gasteiger partial charge in [0.25, 0.3) is 0 Å². The Morgan fingerprint density at radius 2 is 1.64 bits per heavy atom. The number of rotatable bonds is 6. The number of phenols is 1. The molecule has 0 atom stereocenters. The maximum absolute atomic E-state index is 11.9. The Hall–Kier alpha value is -2.62. The third-order valence-corrected chi connectivity index (χ3v) is 4.05. The van der Waals surface area contributed by atoms with Crippen molar-refractivity contribution in [2.45, 2.75) is 46.0 Å². The molecule has 25 heavy (non-hydrogen) atoms. The van der Waals surface area contributed by atoms with E-state index in [2.05, 4.69) is 10.5 Å². The molecular weight excluding hydrogens is 312 g/mol. The van der Waals surface area contributed by atoms with Gasteiger partial charge in [-0.15, -0.1) is 0 Å². The molecule has 0 aromatic heterocycles. The molecule has 2 rings (SSSR count). The molecule has 1 amide bonds. The number of benzene rings is 2. The van der Waals surface area contributed by atoms with Crippen LogP contribution in [0.1, 0.15) is 61.8 Å². The van der Waals surface area contributed by atoms with Gasteiger partial charge in [-0.1, -0.05) is 58.0 Å². The molecule has 0 fully saturated rings. The number of carbonyl (C=O) groups is 1. The van der Waals surface area contributed by atoms with Gasteiger partial charge < -0.3 is 5.11 Å². The first-order valence-corrected chi connectivity index (χ1v) is 8.61. The highest BCUT2D eigenvalue weighted by atomic mass is 16.3. The molecule has 2 N–H and O–H groups in total. The van der Waals surface area contributed by atoms with Crippen molar-refractivity contribution in [3.05, 3.63) is 64.7 Å². The standard InChI is InChI=1S/C21H26N2O2/c1-14(2)18-10-17(11-19(15(3)4)21(18)25)13-22-23-20(24)12-16-8-6-5-7-9-16/h5-11,13-15,25H,12H2,1-4H3,(H,23,24)/b22-13+. The summed E-state index contributed by atoms with van der Waals surface area (Å²) < 4.78 is 0. The Morgan fingerprint density at radius 3 is 2.16 bits per heavy atom. The molecule has 0 aliphatic heterocycles. The van der Waals surface area contributed by atoms with E-state index in [9.17, 15) is 9.90 Å². The lowest BCUT2D eigenvalue weighted by Crippen LogP contribution is -2.19. The number of phenolic OH excluding ortho intramolecular Hbond substituents is 1. The molecule has 0 aliphatic rings. The van der Waals surface area contributed by atoms with Gasteiger partial charge in [0, 0.05) is 0 Å². The fraction of sp³-hybridized carbons (Fsp3) is 0.333. The van der Waals surface area contributed by atoms with Crippen LogP contribution in [0.25, 0.3) is 0 Å². The van der Waals surface area contributed by atoms with Crippen LogP contribution < -0.4 is 5.43 Å². The van der Waals surface area contributed by atoms with E-state index >= 15 is 0 Å². The maximum atomic E-state index is 11.9. The van der Waals surface area contributed by atoms with Crippen molar-refractivity contribution in [3.8, 4) is 5.75 Å². The van der Waals surface area contributed by atoms with E-state index < -0.39 is 0 Å². The van der Waals surface area contributed by atoms with Crippen LogP contribution in [0, 0.1) is 0 Å². The van der Waals surface area contributed by atoms with Crippen molar-refractivity contribution < 1.29 is 9.90 Å². The first kappa shape index (κ1) is 18.7. The van der Waals surface area contributed by atoms with Gasteiger partial charge in [-0.05, 0) is 46.2 Å². The van der Waals surface area contributed by atoms with Gasteiger partial charge in [0.15, 0.2) is 0 Å². The smallest absolute Gasteiger partial charge is 0.244 e. The highest BCUT2D eigenvalue weighted by molar-refractivity contribution is 5.84. The van der Waals surface area contributed by atoms with Crippen LogP contribution in [-0.4, -0.2) is 17.2 Å². The van der Waals surface area contributed by atoms with Crippen LogP contribution in [0.15, 0.2) is 47.6 Å². The Labute approximate surface area is 149 Å². The molecule has 0 unspecified atom stereocenters. The predicted molar refractivity (Wildman–Crippen MR) is 102 cm³/mol. The molecule has 0 saturated heterocycles. The highest BCUT2D eigenvalue weighted by Crippen LogP contribution is 2.34. The second-order valence-electron chi connectivity index (χ2n) is 6.81. The topological polar surface area (TPSA) is 61.7 Å². The number of aromatic hydroxyl groups is 1. The van der Waals surface area contributed by atoms with Crippen molar-refractivity contribution in [1.82, 2.24) is 5.43 Å². The van der Waals surface area contributed by atoms with Gasteiger partial charge in [0.2, 0.25) is 5.91 Å². The number of nitrogens with zero attached hydrogens (tertiary/aromatic N) is 1. The van der Waals surface area contributed by atoms with E-state index in [0.29, 0.717) is 12.2 Å². The van der Waals surface area contributed by atoms with Crippen molar-refractivity contribution in [1.29, 1.82) is 0 Å². The van der Waals surface area contributed by atoms with Crippen molar-refractivity contribution in [2.24, 2.45) is 5.10 Å². The molecule has 0 aliphatic carbocycles. The summed E-state index contributed by atoms with van der Waals surface area (Å²) in [6.07, 6.45) is 1.92. The lowest BCUT2D eigenvalue weighted by Gasteiger charge is -2.16. The van der Waals surface area contributed by atoms with Crippen LogP contribution >= 0.6 is 0 Å². The third kappa shape index (κ3) is 5.18. The van der Waals surface area contributed by atoms with Crippen molar-refractivity contribution >= 4 is 12.1 Å². The van der Waals surface area contributed by atoms with Crippen LogP contribution in [0.2, 0.25) is 0 Å². The molecule has 4 heteroatoms. The summed E-state index contributed by atoms with van der Waals surface area (Å²) in [5, 5.41) is 14.5. The quantitative estimate of drug-likeness (QED) is 0.608. The monoisotopic (exact) mass is 338 g/mol. The molecule has 0 saturated carbocycles. The summed E-state index contributed by atoms with van der Waals surface area (Å²) in [7, 11) is 0. The Balaban J connectivity index is 2.11. The summed E-state index contributed by atoms with van der Waals surface area (Å²) >= 11 is 0. The lowest BCUT2D eigenvalue weighted by atomic mass is 9.92. The van der Waals surface area contributed by atoms with E-state index in [-0.39, 0.29) is 17.7 Å². The number of nitrogens with one attached hydrogen (secondary N) is 1. The minimum absolute atomic E-state index is 0.158. The molecule has 0 spiro atoms. The summed E-state index contributed by atoms with van der Waals surface area (Å²) in [5.41, 5.74) is 6.16. The van der Waals surface area contributed by atoms with Crippen molar-refractivity contribution in [3.63, 3.8) is 0 Å². The van der Waals surface area contributed by atoms with Crippen LogP contribution in [0.4, 0.5) is 0 Å². The molecule has 0 bridgehead atoms. The van der Waals surface area contributed by atoms with E-state index in [1.807, 2.05) is 70.2 Å². The largest absolute Gasteiger partial charge is 0.507 e. The maximum Gasteiger partial charge on any atom is 0.244 e. The number of carbonyl (C=O) groups excluding carboxylic acids is 1. The normalized spacial score (nSPS) is 11.4. The van der Waals surface area contributed by atoms with Crippen LogP contribution in [0.3, 0.4) is 0 Å². The van der Waals surface area contributed by atoms with Gasteiger partial charge >= 0.3 is 0 Å². The Morgan fingerprint density at radius 1 is 1.08 bits per heavy atom. The minimum Gasteiger partial charge on any atom is -0.507 e. The van der Waals surface area contributed by atoms with Crippen LogP contribution in [-0.2, 0) is 11.2 Å². The van der Waals surface area contributed by atoms with E-state index in [1.54, 1.807) is 6.21 Å². The average Bonchev–Trinajstić information content (AvgIpc) is 2.56. The molecule has 0 radical (unpaired) electrons. The first-order chi connectivity index (χ1) is 11.9. The Kier molecular flexibility index (Phi) is 6.34. The second kappa shape index (κ2) is 8.47. The Bertz CT molecular complexity index is 721. The summed E-state index contributed by atoms with van der Waals surface area (Å²) in [6.45, 7) is 8.17. The highest BCUT2D eigenvalue weighted by Gasteiger charge is 2.14. The minimum atomic E-state index is -0.158. The van der Waals surface area contributed by atoms with Gasteiger partial charge in [0.05, 0.1) is 12.6 Å². The van der Waals surface area contributed by atoms with E-state index in [1.165, 1.54) is 0 Å². The third-order valence-electron chi connectivity index (χ3n) is 4.05. The number of hydrogen-bond acceptors (Lipinski definition) is 3. The SMILES string of the molecule is CC(C)c1cc(/C=N/NC(=O)Cc2ccccc2)cc(C(C)C)c1O. The lowest BCUT2D eigenvalue weighted by molar-refractivity contribution is -0.120. The predicted octanol–water partition coefficient (Wildman–Crippen LogP) is 4.33. The fourth-order valence-corrected chi connectivity index (χ4v) is 2.66. The fourth-order valence-electron chi connectivity index (χ4n) is 2.66. The van der Waals surface area contributed by atoms with Gasteiger partial charge in [-0.3, -0.25) is 4.79 Å². The summed E-state index contributed by atoms with van der Waals surface area (Å²) in [4.78, 5) is 11.9. The number of amides is 1. The van der Waals surface area contributed by atoms with E-state index in [0.717, 1.165) is 22.3 Å². The van der Waals surface area contributed by atoms with Gasteiger partial charge in [-0.2, -0.15) is 5.10 Å². The summed E-state index contributed by atoms with van der Waals surface area (Å²) in [6, 6.07) is 13.4. The van der Waals surface area contributed by atoms with Crippen LogP contribution in [0.5, 0.6) is 5.75 Å². The molecule has 132 valence electrons. The molecule has 2 aromatic rings. The average molecular weight is 338 g/mol. The molecule has 0 heterocycles. The van der Waals surface area contributed by atoms with Crippen molar-refractivity contribution in [2.75, 3.05) is 0 Å². The van der Waals surface area contributed by atoms with Gasteiger partial charge in [0.1, 0.15) is 5.75 Å². The first-order valence-electron chi connectivity index (χ1n) is 8.61. The zero-order valence-corrected chi connectivity index (χ0v) is 15.3. The number of hydrazone groups is 1. The second-order valence-corrected chi connectivity index (χ2v) is 6.81.